The van der Waals surface area contributed by atoms with E-state index in [-0.39, 0.29) is 11.3 Å². The second kappa shape index (κ2) is 5.34. The van der Waals surface area contributed by atoms with Crippen molar-refractivity contribution in [3.05, 3.63) is 35.6 Å². The summed E-state index contributed by atoms with van der Waals surface area (Å²) in [4.78, 5) is 0. The average Bonchev–Trinajstić information content (AvgIpc) is 2.28. The summed E-state index contributed by atoms with van der Waals surface area (Å²) < 4.78 is 35.2. The van der Waals surface area contributed by atoms with Gasteiger partial charge in [-0.05, 0) is 6.07 Å². The van der Waals surface area contributed by atoms with Crippen molar-refractivity contribution in [2.45, 2.75) is 15.6 Å². The molecule has 0 heterocycles. The normalized spacial score (nSPS) is 14.6. The van der Waals surface area contributed by atoms with Gasteiger partial charge in [-0.1, -0.05) is 57.0 Å². The molecule has 0 aliphatic rings. The van der Waals surface area contributed by atoms with Gasteiger partial charge in [-0.15, -0.1) is 0 Å². The molecular formula is C10H11Br2FO3S. The van der Waals surface area contributed by atoms with Crippen LogP contribution in [0.15, 0.2) is 24.3 Å². The number of sulfone groups is 1. The van der Waals surface area contributed by atoms with Gasteiger partial charge in [0.05, 0.1) is 0 Å². The van der Waals surface area contributed by atoms with E-state index >= 15 is 0 Å². The molecule has 17 heavy (non-hydrogen) atoms. The van der Waals surface area contributed by atoms with Gasteiger partial charge in [-0.3, -0.25) is 0 Å². The lowest BCUT2D eigenvalue weighted by molar-refractivity contribution is 0.184. The minimum atomic E-state index is -3.65. The van der Waals surface area contributed by atoms with Gasteiger partial charge in [0.2, 0.25) is 2.57 Å². The van der Waals surface area contributed by atoms with E-state index in [4.69, 9.17) is 0 Å². The highest BCUT2D eigenvalue weighted by atomic mass is 79.9. The van der Waals surface area contributed by atoms with Crippen molar-refractivity contribution < 1.29 is 17.9 Å². The molecule has 0 saturated carbocycles. The van der Waals surface area contributed by atoms with Gasteiger partial charge < -0.3 is 5.11 Å². The first-order valence-electron chi connectivity index (χ1n) is 4.76. The molecule has 7 heteroatoms. The van der Waals surface area contributed by atoms with Gasteiger partial charge in [0.25, 0.3) is 0 Å². The van der Waals surface area contributed by atoms with Gasteiger partial charge in [0, 0.05) is 11.3 Å². The summed E-state index contributed by atoms with van der Waals surface area (Å²) >= 11 is 5.82. The highest BCUT2D eigenvalue weighted by Gasteiger charge is 2.45. The molecule has 0 aromatic heterocycles. The van der Waals surface area contributed by atoms with Crippen molar-refractivity contribution in [1.29, 1.82) is 0 Å². The Bertz CT molecular complexity index is 502. The zero-order valence-electron chi connectivity index (χ0n) is 8.90. The molecule has 1 rings (SSSR count). The zero-order chi connectivity index (χ0) is 13.3. The van der Waals surface area contributed by atoms with Crippen molar-refractivity contribution in [3.63, 3.8) is 0 Å². The number of aliphatic hydroxyl groups excluding tert-OH is 1. The number of hydrogen-bond acceptors (Lipinski definition) is 3. The van der Waals surface area contributed by atoms with E-state index in [1.807, 2.05) is 0 Å². The number of alkyl halides is 2. The van der Waals surface area contributed by atoms with Gasteiger partial charge in [-0.2, -0.15) is 0 Å². The average molecular weight is 390 g/mol. The van der Waals surface area contributed by atoms with Crippen molar-refractivity contribution in [2.75, 3.05) is 5.75 Å². The van der Waals surface area contributed by atoms with Crippen LogP contribution in [0.25, 0.3) is 0 Å². The van der Waals surface area contributed by atoms with E-state index in [0.29, 0.717) is 0 Å². The third kappa shape index (κ3) is 2.89. The Labute approximate surface area is 116 Å². The molecule has 0 amide bonds. The van der Waals surface area contributed by atoms with E-state index in [1.54, 1.807) is 0 Å². The summed E-state index contributed by atoms with van der Waals surface area (Å²) in [6, 6.07) is 5.48. The van der Waals surface area contributed by atoms with Gasteiger partial charge >= 0.3 is 0 Å². The van der Waals surface area contributed by atoms with Crippen LogP contribution in [0.5, 0.6) is 0 Å². The first kappa shape index (κ1) is 15.1. The van der Waals surface area contributed by atoms with Crippen molar-refractivity contribution in [2.24, 2.45) is 0 Å². The fourth-order valence-electron chi connectivity index (χ4n) is 1.24. The van der Waals surface area contributed by atoms with Crippen LogP contribution in [-0.4, -0.2) is 21.8 Å². The van der Waals surface area contributed by atoms with E-state index in [2.05, 4.69) is 31.9 Å². The molecule has 1 aromatic carbocycles. The zero-order valence-corrected chi connectivity index (χ0v) is 12.9. The number of aliphatic hydroxyl groups is 1. The summed E-state index contributed by atoms with van der Waals surface area (Å²) in [5.41, 5.74) is -0.0849. The first-order chi connectivity index (χ1) is 7.74. The third-order valence-electron chi connectivity index (χ3n) is 2.31. The van der Waals surface area contributed by atoms with E-state index < -0.39 is 24.3 Å². The topological polar surface area (TPSA) is 54.4 Å². The lowest BCUT2D eigenvalue weighted by Gasteiger charge is -2.26. The Morgan fingerprint density at radius 3 is 2.41 bits per heavy atom. The lowest BCUT2D eigenvalue weighted by Crippen LogP contribution is -2.34. The van der Waals surface area contributed by atoms with Crippen LogP contribution in [-0.2, 0) is 9.84 Å². The second-order valence-electron chi connectivity index (χ2n) is 3.39. The molecule has 1 aromatic rings. The molecular weight excluding hydrogens is 379 g/mol. The van der Waals surface area contributed by atoms with E-state index in [0.717, 1.165) is 6.07 Å². The maximum absolute atomic E-state index is 13.5. The monoisotopic (exact) mass is 388 g/mol. The van der Waals surface area contributed by atoms with Crippen LogP contribution in [0.4, 0.5) is 4.39 Å². The summed E-state index contributed by atoms with van der Waals surface area (Å²) in [5.74, 6) is -0.843. The Hall–Kier alpha value is 0.0200. The summed E-state index contributed by atoms with van der Waals surface area (Å²) in [5, 5.41) is 9.98. The molecule has 0 spiro atoms. The Morgan fingerprint density at radius 1 is 1.41 bits per heavy atom. The van der Waals surface area contributed by atoms with Crippen LogP contribution in [0.1, 0.15) is 18.6 Å². The molecule has 1 N–H and O–H groups in total. The predicted molar refractivity (Wildman–Crippen MR) is 71.4 cm³/mol. The SMILES string of the molecule is CCS(=O)(=O)C(Br)(Br)[C@H](O)c1ccccc1F. The molecule has 0 aliphatic heterocycles. The van der Waals surface area contributed by atoms with Gasteiger partial charge in [-0.25, -0.2) is 12.8 Å². The van der Waals surface area contributed by atoms with Crippen molar-refractivity contribution in [3.8, 4) is 0 Å². The Morgan fingerprint density at radius 2 is 1.94 bits per heavy atom. The highest BCUT2D eigenvalue weighted by molar-refractivity contribution is 9.28. The van der Waals surface area contributed by atoms with Crippen LogP contribution >= 0.6 is 31.9 Å². The summed E-state index contributed by atoms with van der Waals surface area (Å²) in [7, 11) is -3.65. The molecule has 96 valence electrons. The van der Waals surface area contributed by atoms with Crippen molar-refractivity contribution >= 4 is 41.7 Å². The smallest absolute Gasteiger partial charge is 0.210 e. The number of halogens is 3. The van der Waals surface area contributed by atoms with Crippen LogP contribution in [0, 0.1) is 5.82 Å². The van der Waals surface area contributed by atoms with Gasteiger partial charge in [0.1, 0.15) is 11.9 Å². The summed E-state index contributed by atoms with van der Waals surface area (Å²) in [6.45, 7) is 1.45. The number of hydrogen-bond donors (Lipinski definition) is 1. The van der Waals surface area contributed by atoms with Crippen LogP contribution in [0.2, 0.25) is 0 Å². The van der Waals surface area contributed by atoms with Gasteiger partial charge in [0.15, 0.2) is 9.84 Å². The van der Waals surface area contributed by atoms with Crippen LogP contribution in [0.3, 0.4) is 0 Å². The van der Waals surface area contributed by atoms with E-state index in [9.17, 15) is 17.9 Å². The van der Waals surface area contributed by atoms with E-state index in [1.165, 1.54) is 25.1 Å². The molecule has 0 unspecified atom stereocenters. The lowest BCUT2D eigenvalue weighted by atomic mass is 10.1. The Kier molecular flexibility index (Phi) is 4.73. The fourth-order valence-corrected chi connectivity index (χ4v) is 3.96. The second-order valence-corrected chi connectivity index (χ2v) is 10.5. The third-order valence-corrected chi connectivity index (χ3v) is 7.95. The minimum Gasteiger partial charge on any atom is -0.385 e. The molecule has 0 saturated heterocycles. The minimum absolute atomic E-state index is 0.0849. The molecule has 0 aliphatic carbocycles. The Balaban J connectivity index is 3.23. The predicted octanol–water partition coefficient (Wildman–Crippen LogP) is 2.74. The quantitative estimate of drug-likeness (QED) is 0.805. The fraction of sp³-hybridized carbons (Fsp3) is 0.400. The molecule has 0 bridgehead atoms. The first-order valence-corrected chi connectivity index (χ1v) is 8.00. The van der Waals surface area contributed by atoms with Crippen molar-refractivity contribution in [1.82, 2.24) is 0 Å². The molecule has 0 fully saturated rings. The maximum atomic E-state index is 13.5. The van der Waals surface area contributed by atoms with Crippen LogP contribution < -0.4 is 0 Å². The molecule has 0 radical (unpaired) electrons. The summed E-state index contributed by atoms with van der Waals surface area (Å²) in [6.07, 6.45) is -1.55. The largest absolute Gasteiger partial charge is 0.385 e. The highest BCUT2D eigenvalue weighted by Crippen LogP contribution is 2.45. The molecule has 3 nitrogen and oxygen atoms in total. The number of rotatable bonds is 4. The molecule has 1 atom stereocenters. The maximum Gasteiger partial charge on any atom is 0.210 e. The standard InChI is InChI=1S/C10H11Br2FO3S/c1-2-17(15,16)10(11,12)9(14)7-5-3-4-6-8(7)13/h3-6,9,14H,2H2,1H3/t9-/m1/s1. The number of benzene rings is 1.